The molecule has 0 amide bonds. The van der Waals surface area contributed by atoms with E-state index in [1.54, 1.807) is 24.3 Å². The zero-order valence-corrected chi connectivity index (χ0v) is 19.3. The van der Waals surface area contributed by atoms with Gasteiger partial charge in [0.2, 0.25) is 0 Å². The molecule has 0 aliphatic carbocycles. The van der Waals surface area contributed by atoms with E-state index in [-0.39, 0.29) is 16.4 Å². The Balaban J connectivity index is 1.59. The quantitative estimate of drug-likeness (QED) is 0.544. The monoisotopic (exact) mass is 484 g/mol. The lowest BCUT2D eigenvalue weighted by molar-refractivity contribution is -0.241. The van der Waals surface area contributed by atoms with Gasteiger partial charge in [-0.05, 0) is 38.1 Å². The molecule has 0 radical (unpaired) electrons. The highest BCUT2D eigenvalue weighted by Crippen LogP contribution is 2.37. The predicted octanol–water partition coefficient (Wildman–Crippen LogP) is 1.92. The zero-order chi connectivity index (χ0) is 23.1. The summed E-state index contributed by atoms with van der Waals surface area (Å²) in [7, 11) is -7.03. The van der Waals surface area contributed by atoms with Crippen molar-refractivity contribution >= 4 is 20.2 Å². The molecule has 9 nitrogen and oxygen atoms in total. The third-order valence-electron chi connectivity index (χ3n) is 5.37. The number of methoxy groups -OCH3 is 1. The molecular weight excluding hydrogens is 460 g/mol. The molecule has 2 saturated heterocycles. The van der Waals surface area contributed by atoms with E-state index >= 15 is 0 Å². The molecule has 2 bridgehead atoms. The third-order valence-corrected chi connectivity index (χ3v) is 8.02. The van der Waals surface area contributed by atoms with Crippen molar-refractivity contribution in [3.8, 4) is 0 Å². The largest absolute Gasteiger partial charge is 0.370 e. The number of fused-ring (bicyclic) bond motifs is 2. The molecule has 0 N–H and O–H groups in total. The van der Waals surface area contributed by atoms with Crippen molar-refractivity contribution in [1.82, 2.24) is 0 Å². The van der Waals surface area contributed by atoms with Crippen LogP contribution in [0.15, 0.2) is 58.3 Å². The Labute approximate surface area is 187 Å². The summed E-state index contributed by atoms with van der Waals surface area (Å²) in [5, 5.41) is 0. The molecule has 5 atom stereocenters. The van der Waals surface area contributed by atoms with E-state index in [9.17, 15) is 16.8 Å². The van der Waals surface area contributed by atoms with Gasteiger partial charge in [0.05, 0.1) is 16.4 Å². The Morgan fingerprint density at radius 3 is 1.72 bits per heavy atom. The second-order valence-electron chi connectivity index (χ2n) is 7.73. The van der Waals surface area contributed by atoms with Gasteiger partial charge in [0.15, 0.2) is 12.4 Å². The minimum absolute atomic E-state index is 0.00303. The fourth-order valence-electron chi connectivity index (χ4n) is 3.63. The molecule has 174 valence electrons. The highest BCUT2D eigenvalue weighted by molar-refractivity contribution is 7.87. The van der Waals surface area contributed by atoms with Crippen molar-refractivity contribution in [3.05, 3.63) is 59.7 Å². The molecule has 0 spiro atoms. The predicted molar refractivity (Wildman–Crippen MR) is 112 cm³/mol. The molecule has 0 saturated carbocycles. The first kappa shape index (κ1) is 23.3. The van der Waals surface area contributed by atoms with Gasteiger partial charge >= 0.3 is 0 Å². The standard InChI is InChI=1S/C21H24O9S2/c1-13-4-8-15(9-5-13)31(22,23)29-18-17-12-27-19(18)20(21(26-3)28-17)30-32(24,25)16-10-6-14(2)7-11-16/h4-11,17-21H,12H2,1-3H3/t17-,18-,19+,20+,21-/m1/s1. The van der Waals surface area contributed by atoms with E-state index in [0.29, 0.717) is 0 Å². The molecule has 2 aromatic carbocycles. The van der Waals surface area contributed by atoms with Gasteiger partial charge in [-0.2, -0.15) is 16.8 Å². The molecule has 4 rings (SSSR count). The fraction of sp³-hybridized carbons (Fsp3) is 0.429. The van der Waals surface area contributed by atoms with Crippen LogP contribution in [0.5, 0.6) is 0 Å². The van der Waals surface area contributed by atoms with Gasteiger partial charge in [0, 0.05) is 7.11 Å². The number of hydrogen-bond acceptors (Lipinski definition) is 9. The molecule has 2 fully saturated rings. The Bertz CT molecular complexity index is 1160. The lowest BCUT2D eigenvalue weighted by atomic mass is 10.0. The number of benzene rings is 2. The normalized spacial score (nSPS) is 28.0. The average Bonchev–Trinajstić information content (AvgIpc) is 3.02. The molecule has 2 aromatic rings. The second kappa shape index (κ2) is 8.82. The molecular formula is C21H24O9S2. The van der Waals surface area contributed by atoms with E-state index in [2.05, 4.69) is 0 Å². The van der Waals surface area contributed by atoms with Crippen LogP contribution in [0.3, 0.4) is 0 Å². The van der Waals surface area contributed by atoms with Gasteiger partial charge in [-0.15, -0.1) is 0 Å². The van der Waals surface area contributed by atoms with Crippen LogP contribution in [0.2, 0.25) is 0 Å². The molecule has 0 unspecified atom stereocenters. The van der Waals surface area contributed by atoms with Crippen LogP contribution < -0.4 is 0 Å². The van der Waals surface area contributed by atoms with Crippen molar-refractivity contribution in [2.24, 2.45) is 0 Å². The minimum atomic E-state index is -4.21. The first-order valence-corrected chi connectivity index (χ1v) is 12.7. The van der Waals surface area contributed by atoms with Crippen LogP contribution in [-0.2, 0) is 42.8 Å². The summed E-state index contributed by atoms with van der Waals surface area (Å²) in [6.45, 7) is 3.67. The molecule has 11 heteroatoms. The van der Waals surface area contributed by atoms with Crippen LogP contribution in [0, 0.1) is 13.8 Å². The Hall–Kier alpha value is -1.86. The van der Waals surface area contributed by atoms with Crippen molar-refractivity contribution in [1.29, 1.82) is 0 Å². The summed E-state index contributed by atoms with van der Waals surface area (Å²) < 4.78 is 78.8. The summed E-state index contributed by atoms with van der Waals surface area (Å²) in [4.78, 5) is -0.0797. The van der Waals surface area contributed by atoms with Gasteiger partial charge in [0.1, 0.15) is 18.3 Å². The maximum absolute atomic E-state index is 12.8. The van der Waals surface area contributed by atoms with Gasteiger partial charge in [-0.1, -0.05) is 35.4 Å². The molecule has 0 aromatic heterocycles. The van der Waals surface area contributed by atoms with Gasteiger partial charge in [0.25, 0.3) is 20.2 Å². The van der Waals surface area contributed by atoms with E-state index in [1.807, 2.05) is 13.8 Å². The molecule has 2 aliphatic heterocycles. The smallest absolute Gasteiger partial charge is 0.297 e. The zero-order valence-electron chi connectivity index (χ0n) is 17.7. The van der Waals surface area contributed by atoms with E-state index in [1.165, 1.54) is 31.4 Å². The topological polar surface area (TPSA) is 114 Å². The Kier molecular flexibility index (Phi) is 6.43. The molecule has 2 heterocycles. The summed E-state index contributed by atoms with van der Waals surface area (Å²) in [6.07, 6.45) is -5.28. The Morgan fingerprint density at radius 2 is 1.25 bits per heavy atom. The van der Waals surface area contributed by atoms with Crippen molar-refractivity contribution in [2.75, 3.05) is 13.7 Å². The maximum atomic E-state index is 12.8. The highest BCUT2D eigenvalue weighted by atomic mass is 32.2. The Morgan fingerprint density at radius 1 is 0.781 bits per heavy atom. The van der Waals surface area contributed by atoms with Crippen molar-refractivity contribution in [2.45, 2.75) is 54.3 Å². The summed E-state index contributed by atoms with van der Waals surface area (Å²) >= 11 is 0. The van der Waals surface area contributed by atoms with Crippen LogP contribution in [0.1, 0.15) is 11.1 Å². The van der Waals surface area contributed by atoms with Crippen LogP contribution >= 0.6 is 0 Å². The van der Waals surface area contributed by atoms with Gasteiger partial charge in [-0.3, -0.25) is 8.37 Å². The average molecular weight is 485 g/mol. The van der Waals surface area contributed by atoms with Crippen molar-refractivity contribution in [3.63, 3.8) is 0 Å². The van der Waals surface area contributed by atoms with E-state index in [0.717, 1.165) is 11.1 Å². The summed E-state index contributed by atoms with van der Waals surface area (Å²) in [5.41, 5.74) is 1.78. The number of rotatable bonds is 7. The first-order valence-electron chi connectivity index (χ1n) is 9.90. The highest BCUT2D eigenvalue weighted by Gasteiger charge is 2.56. The lowest BCUT2D eigenvalue weighted by Crippen LogP contribution is -2.56. The van der Waals surface area contributed by atoms with E-state index < -0.39 is 50.9 Å². The number of ether oxygens (including phenoxy) is 3. The summed E-state index contributed by atoms with van der Waals surface area (Å²) in [5.74, 6) is 0. The van der Waals surface area contributed by atoms with Crippen LogP contribution in [0.25, 0.3) is 0 Å². The lowest BCUT2D eigenvalue weighted by Gasteiger charge is -2.37. The second-order valence-corrected chi connectivity index (χ2v) is 10.9. The maximum Gasteiger partial charge on any atom is 0.297 e. The van der Waals surface area contributed by atoms with Gasteiger partial charge < -0.3 is 14.2 Å². The van der Waals surface area contributed by atoms with Crippen molar-refractivity contribution < 1.29 is 39.4 Å². The molecule has 32 heavy (non-hydrogen) atoms. The molecule has 2 aliphatic rings. The fourth-order valence-corrected chi connectivity index (χ4v) is 5.81. The number of aryl methyl sites for hydroxylation is 2. The van der Waals surface area contributed by atoms with Crippen LogP contribution in [-0.4, -0.2) is 61.3 Å². The number of hydrogen-bond donors (Lipinski definition) is 0. The SMILES string of the molecule is CO[C@@H]1O[C@@H]2CO[C@H]([C@@H]1OS(=O)(=O)c1ccc(C)cc1)[C@@H]2OS(=O)(=O)c1ccc(C)cc1. The first-order chi connectivity index (χ1) is 15.1. The van der Waals surface area contributed by atoms with Crippen LogP contribution in [0.4, 0.5) is 0 Å². The summed E-state index contributed by atoms with van der Waals surface area (Å²) in [6, 6.07) is 12.3. The van der Waals surface area contributed by atoms with Gasteiger partial charge in [-0.25, -0.2) is 0 Å². The van der Waals surface area contributed by atoms with E-state index in [4.69, 9.17) is 22.6 Å². The minimum Gasteiger partial charge on any atom is -0.370 e. The third kappa shape index (κ3) is 4.60.